The van der Waals surface area contributed by atoms with Gasteiger partial charge >= 0.3 is 0 Å². The highest BCUT2D eigenvalue weighted by Gasteiger charge is 2.24. The molecule has 8 heteroatoms. The van der Waals surface area contributed by atoms with E-state index >= 15 is 0 Å². The predicted molar refractivity (Wildman–Crippen MR) is 98.8 cm³/mol. The third-order valence-corrected chi connectivity index (χ3v) is 4.72. The van der Waals surface area contributed by atoms with Crippen LogP contribution in [0.1, 0.15) is 6.42 Å². The first-order valence-corrected chi connectivity index (χ1v) is 8.66. The number of benzene rings is 1. The van der Waals surface area contributed by atoms with Gasteiger partial charge < -0.3 is 15.3 Å². The van der Waals surface area contributed by atoms with Crippen LogP contribution in [0.3, 0.4) is 0 Å². The molecule has 3 N–H and O–H groups in total. The summed E-state index contributed by atoms with van der Waals surface area (Å²) < 4.78 is 0. The van der Waals surface area contributed by atoms with Crippen molar-refractivity contribution in [2.75, 3.05) is 31.6 Å². The van der Waals surface area contributed by atoms with Crippen molar-refractivity contribution >= 4 is 5.95 Å². The molecule has 1 aliphatic heterocycles. The minimum atomic E-state index is 0.141. The molecule has 3 aromatic rings. The maximum atomic E-state index is 10.4. The second-order valence-electron chi connectivity index (χ2n) is 6.52. The van der Waals surface area contributed by atoms with Crippen LogP contribution in [0.15, 0.2) is 36.8 Å². The molecular formula is C18H21N7O. The van der Waals surface area contributed by atoms with E-state index in [1.165, 1.54) is 0 Å². The van der Waals surface area contributed by atoms with Crippen molar-refractivity contribution in [2.24, 2.45) is 5.92 Å². The number of nitrogens with zero attached hydrogens (tertiary/aromatic N) is 5. The van der Waals surface area contributed by atoms with E-state index in [1.54, 1.807) is 24.7 Å². The van der Waals surface area contributed by atoms with Crippen LogP contribution in [0, 0.1) is 5.92 Å². The highest BCUT2D eigenvalue weighted by atomic mass is 16.3. The normalized spacial score (nSPS) is 17.0. The third kappa shape index (κ3) is 3.23. The first kappa shape index (κ1) is 16.5. The van der Waals surface area contributed by atoms with Gasteiger partial charge in [-0.05, 0) is 43.6 Å². The molecule has 0 spiro atoms. The van der Waals surface area contributed by atoms with Crippen LogP contribution in [0.2, 0.25) is 0 Å². The van der Waals surface area contributed by atoms with Gasteiger partial charge in [0.25, 0.3) is 0 Å². The summed E-state index contributed by atoms with van der Waals surface area (Å²) in [6, 6.07) is 5.43. The van der Waals surface area contributed by atoms with Crippen LogP contribution in [-0.4, -0.2) is 57.2 Å². The first-order valence-electron chi connectivity index (χ1n) is 8.66. The number of H-pyrrole nitrogens is 1. The lowest BCUT2D eigenvalue weighted by atomic mass is 10.0. The first-order chi connectivity index (χ1) is 12.7. The summed E-state index contributed by atoms with van der Waals surface area (Å²) in [6.45, 7) is 2.88. The molecule has 2 aromatic heterocycles. The van der Waals surface area contributed by atoms with Crippen LogP contribution in [0.5, 0.6) is 5.75 Å². The fourth-order valence-electron chi connectivity index (χ4n) is 3.34. The molecule has 0 saturated carbocycles. The van der Waals surface area contributed by atoms with Crippen LogP contribution in [0.25, 0.3) is 22.4 Å². The number of rotatable bonds is 5. The lowest BCUT2D eigenvalue weighted by Crippen LogP contribution is -2.25. The molecule has 1 fully saturated rings. The molecule has 0 amide bonds. The molecule has 0 radical (unpaired) electrons. The van der Waals surface area contributed by atoms with E-state index in [9.17, 15) is 5.11 Å². The Morgan fingerprint density at radius 2 is 2.19 bits per heavy atom. The van der Waals surface area contributed by atoms with Crippen LogP contribution >= 0.6 is 0 Å². The standard InChI is InChI=1S/C18H21N7O/c1-19-7-12-4-5-25(11-12)18-20-10-16(23-24-18)15-3-2-13(6-17(15)26)14-8-21-22-9-14/h2-3,6,8-10,12,19,26H,4-5,7,11H2,1H3,(H,21,22). The molecule has 26 heavy (non-hydrogen) atoms. The maximum Gasteiger partial charge on any atom is 0.245 e. The number of aromatic amines is 1. The van der Waals surface area contributed by atoms with Crippen molar-refractivity contribution in [1.82, 2.24) is 30.7 Å². The SMILES string of the molecule is CNCC1CCN(c2ncc(-c3ccc(-c4cn[nH]c4)cc3O)nn2)C1. The van der Waals surface area contributed by atoms with Crippen molar-refractivity contribution in [2.45, 2.75) is 6.42 Å². The fourth-order valence-corrected chi connectivity index (χ4v) is 3.34. The number of hydrogen-bond acceptors (Lipinski definition) is 7. The zero-order valence-corrected chi connectivity index (χ0v) is 14.6. The van der Waals surface area contributed by atoms with Crippen molar-refractivity contribution in [1.29, 1.82) is 0 Å². The fraction of sp³-hybridized carbons (Fsp3) is 0.333. The van der Waals surface area contributed by atoms with E-state index in [2.05, 4.69) is 35.6 Å². The van der Waals surface area contributed by atoms with Gasteiger partial charge in [-0.3, -0.25) is 5.10 Å². The molecular weight excluding hydrogens is 330 g/mol. The largest absolute Gasteiger partial charge is 0.507 e. The zero-order valence-electron chi connectivity index (χ0n) is 14.6. The monoisotopic (exact) mass is 351 g/mol. The summed E-state index contributed by atoms with van der Waals surface area (Å²) in [6.07, 6.45) is 6.28. The highest BCUT2D eigenvalue weighted by molar-refractivity contribution is 5.73. The number of phenols is 1. The molecule has 0 aliphatic carbocycles. The van der Waals surface area contributed by atoms with E-state index in [1.807, 2.05) is 19.2 Å². The topological polar surface area (TPSA) is 103 Å². The highest BCUT2D eigenvalue weighted by Crippen LogP contribution is 2.32. The van der Waals surface area contributed by atoms with Gasteiger partial charge in [0.1, 0.15) is 11.4 Å². The van der Waals surface area contributed by atoms with E-state index in [0.29, 0.717) is 23.1 Å². The van der Waals surface area contributed by atoms with E-state index in [4.69, 9.17) is 0 Å². The predicted octanol–water partition coefficient (Wildman–Crippen LogP) is 1.68. The van der Waals surface area contributed by atoms with Crippen molar-refractivity contribution in [3.8, 4) is 28.1 Å². The Hall–Kier alpha value is -3.00. The van der Waals surface area contributed by atoms with Crippen molar-refractivity contribution < 1.29 is 5.11 Å². The van der Waals surface area contributed by atoms with Crippen LogP contribution < -0.4 is 10.2 Å². The second-order valence-corrected chi connectivity index (χ2v) is 6.52. The summed E-state index contributed by atoms with van der Waals surface area (Å²) in [5.74, 6) is 1.40. The lowest BCUT2D eigenvalue weighted by molar-refractivity contribution is 0.477. The second kappa shape index (κ2) is 7.09. The van der Waals surface area contributed by atoms with Gasteiger partial charge in [0.2, 0.25) is 5.95 Å². The Morgan fingerprint density at radius 3 is 2.88 bits per heavy atom. The lowest BCUT2D eigenvalue weighted by Gasteiger charge is -2.15. The summed E-state index contributed by atoms with van der Waals surface area (Å²) in [5, 5.41) is 28.8. The average molecular weight is 351 g/mol. The van der Waals surface area contributed by atoms with Gasteiger partial charge in [-0.1, -0.05) is 6.07 Å². The number of aromatic nitrogens is 5. The summed E-state index contributed by atoms with van der Waals surface area (Å²) in [7, 11) is 1.97. The van der Waals surface area contributed by atoms with Gasteiger partial charge in [-0.25, -0.2) is 4.98 Å². The summed E-state index contributed by atoms with van der Waals surface area (Å²) in [4.78, 5) is 6.60. The smallest absolute Gasteiger partial charge is 0.245 e. The number of phenolic OH excluding ortho intramolecular Hbond substituents is 1. The zero-order chi connectivity index (χ0) is 17.9. The Bertz CT molecular complexity index is 864. The van der Waals surface area contributed by atoms with E-state index < -0.39 is 0 Å². The molecule has 1 saturated heterocycles. The van der Waals surface area contributed by atoms with E-state index in [-0.39, 0.29) is 5.75 Å². The van der Waals surface area contributed by atoms with Crippen LogP contribution in [-0.2, 0) is 0 Å². The van der Waals surface area contributed by atoms with Gasteiger partial charge in [-0.15, -0.1) is 10.2 Å². The Balaban J connectivity index is 1.52. The molecule has 0 bridgehead atoms. The number of anilines is 1. The number of hydrogen-bond donors (Lipinski definition) is 3. The molecule has 1 unspecified atom stereocenters. The number of nitrogens with one attached hydrogen (secondary N) is 2. The Morgan fingerprint density at radius 1 is 1.27 bits per heavy atom. The maximum absolute atomic E-state index is 10.4. The summed E-state index contributed by atoms with van der Waals surface area (Å²) in [5.41, 5.74) is 2.95. The molecule has 8 nitrogen and oxygen atoms in total. The minimum Gasteiger partial charge on any atom is -0.507 e. The number of aromatic hydroxyl groups is 1. The van der Waals surface area contributed by atoms with Gasteiger partial charge in [0, 0.05) is 30.4 Å². The van der Waals surface area contributed by atoms with Gasteiger partial charge in [0.15, 0.2) is 0 Å². The molecule has 134 valence electrons. The van der Waals surface area contributed by atoms with Crippen molar-refractivity contribution in [3.63, 3.8) is 0 Å². The van der Waals surface area contributed by atoms with E-state index in [0.717, 1.165) is 37.2 Å². The van der Waals surface area contributed by atoms with Crippen molar-refractivity contribution in [3.05, 3.63) is 36.8 Å². The Labute approximate surface area is 151 Å². The average Bonchev–Trinajstić information content (AvgIpc) is 3.34. The molecule has 4 rings (SSSR count). The van der Waals surface area contributed by atoms with Crippen LogP contribution in [0.4, 0.5) is 5.95 Å². The van der Waals surface area contributed by atoms with Gasteiger partial charge in [0.05, 0.1) is 12.4 Å². The summed E-state index contributed by atoms with van der Waals surface area (Å²) >= 11 is 0. The minimum absolute atomic E-state index is 0.141. The third-order valence-electron chi connectivity index (χ3n) is 4.72. The molecule has 3 heterocycles. The molecule has 1 atom stereocenters. The van der Waals surface area contributed by atoms with Gasteiger partial charge in [-0.2, -0.15) is 5.10 Å². The Kier molecular flexibility index (Phi) is 4.49. The quantitative estimate of drug-likeness (QED) is 0.642. The molecule has 1 aromatic carbocycles. The molecule has 1 aliphatic rings.